The first-order valence-corrected chi connectivity index (χ1v) is 8.02. The van der Waals surface area contributed by atoms with Crippen LogP contribution in [-0.2, 0) is 0 Å². The van der Waals surface area contributed by atoms with E-state index in [1.165, 1.54) is 64.2 Å². The molecule has 100 valence electrons. The maximum atomic E-state index is 3.62. The van der Waals surface area contributed by atoms with Crippen molar-refractivity contribution in [3.05, 3.63) is 0 Å². The molecule has 4 atom stereocenters. The second kappa shape index (κ2) is 6.78. The van der Waals surface area contributed by atoms with Gasteiger partial charge in [0, 0.05) is 6.04 Å². The summed E-state index contributed by atoms with van der Waals surface area (Å²) in [6.45, 7) is 2.38. The van der Waals surface area contributed by atoms with Gasteiger partial charge in [0.25, 0.3) is 0 Å². The van der Waals surface area contributed by atoms with Gasteiger partial charge in [0.05, 0.1) is 0 Å². The maximum Gasteiger partial charge on any atom is 0.00949 e. The monoisotopic (exact) mass is 237 g/mol. The molecular formula is C16H31N. The number of hydrogen-bond acceptors (Lipinski definition) is 1. The number of hydrogen-bond donors (Lipinski definition) is 1. The van der Waals surface area contributed by atoms with Crippen LogP contribution in [0, 0.1) is 17.8 Å². The zero-order chi connectivity index (χ0) is 12.1. The second-order valence-corrected chi connectivity index (χ2v) is 6.40. The van der Waals surface area contributed by atoms with Gasteiger partial charge in [-0.2, -0.15) is 0 Å². The van der Waals surface area contributed by atoms with Gasteiger partial charge in [0.1, 0.15) is 0 Å². The topological polar surface area (TPSA) is 12.0 Å². The minimum Gasteiger partial charge on any atom is -0.317 e. The predicted octanol–water partition coefficient (Wildman–Crippen LogP) is 4.37. The molecular weight excluding hydrogens is 206 g/mol. The molecule has 0 amide bonds. The normalized spacial score (nSPS) is 39.9. The van der Waals surface area contributed by atoms with Crippen LogP contribution in [0.3, 0.4) is 0 Å². The van der Waals surface area contributed by atoms with E-state index in [2.05, 4.69) is 19.3 Å². The molecule has 1 heteroatoms. The second-order valence-electron chi connectivity index (χ2n) is 6.40. The van der Waals surface area contributed by atoms with Crippen LogP contribution >= 0.6 is 0 Å². The molecule has 0 bridgehead atoms. The fourth-order valence-corrected chi connectivity index (χ4v) is 4.35. The lowest BCUT2D eigenvalue weighted by Crippen LogP contribution is -2.38. The van der Waals surface area contributed by atoms with Crippen molar-refractivity contribution in [2.75, 3.05) is 7.05 Å². The van der Waals surface area contributed by atoms with Crippen molar-refractivity contribution >= 4 is 0 Å². The molecule has 0 heterocycles. The van der Waals surface area contributed by atoms with Crippen molar-refractivity contribution in [3.8, 4) is 0 Å². The molecule has 2 saturated carbocycles. The standard InChI is InChI=1S/C16H31N/c1-3-13-8-7-9-14(12-13)15-10-5-4-6-11-16(15)17-2/h13-17H,3-12H2,1-2H3. The van der Waals surface area contributed by atoms with Crippen molar-refractivity contribution < 1.29 is 0 Å². The van der Waals surface area contributed by atoms with Crippen LogP contribution in [0.25, 0.3) is 0 Å². The Balaban J connectivity index is 1.96. The molecule has 0 aromatic heterocycles. The summed E-state index contributed by atoms with van der Waals surface area (Å²) in [6, 6.07) is 0.818. The molecule has 17 heavy (non-hydrogen) atoms. The van der Waals surface area contributed by atoms with Gasteiger partial charge >= 0.3 is 0 Å². The van der Waals surface area contributed by atoms with E-state index in [0.29, 0.717) is 0 Å². The molecule has 1 N–H and O–H groups in total. The van der Waals surface area contributed by atoms with Crippen molar-refractivity contribution in [2.24, 2.45) is 17.8 Å². The molecule has 4 unspecified atom stereocenters. The first-order valence-electron chi connectivity index (χ1n) is 8.02. The molecule has 2 fully saturated rings. The Bertz CT molecular complexity index is 214. The van der Waals surface area contributed by atoms with E-state index in [9.17, 15) is 0 Å². The van der Waals surface area contributed by atoms with E-state index in [1.54, 1.807) is 0 Å². The van der Waals surface area contributed by atoms with Crippen LogP contribution < -0.4 is 5.32 Å². The average molecular weight is 237 g/mol. The fourth-order valence-electron chi connectivity index (χ4n) is 4.35. The molecule has 0 radical (unpaired) electrons. The van der Waals surface area contributed by atoms with Crippen molar-refractivity contribution in [1.82, 2.24) is 5.32 Å². The third kappa shape index (κ3) is 3.47. The zero-order valence-electron chi connectivity index (χ0n) is 11.9. The summed E-state index contributed by atoms with van der Waals surface area (Å²) in [4.78, 5) is 0. The Morgan fingerprint density at radius 2 is 1.76 bits per heavy atom. The lowest BCUT2D eigenvalue weighted by atomic mass is 9.70. The quantitative estimate of drug-likeness (QED) is 0.719. The van der Waals surface area contributed by atoms with Crippen LogP contribution in [-0.4, -0.2) is 13.1 Å². The smallest absolute Gasteiger partial charge is 0.00949 e. The van der Waals surface area contributed by atoms with Gasteiger partial charge in [-0.15, -0.1) is 0 Å². The van der Waals surface area contributed by atoms with Crippen molar-refractivity contribution in [3.63, 3.8) is 0 Å². The van der Waals surface area contributed by atoms with Crippen LogP contribution in [0.5, 0.6) is 0 Å². The minimum absolute atomic E-state index is 0.818. The lowest BCUT2D eigenvalue weighted by Gasteiger charge is -2.37. The molecule has 0 saturated heterocycles. The fraction of sp³-hybridized carbons (Fsp3) is 1.00. The van der Waals surface area contributed by atoms with Crippen LogP contribution in [0.1, 0.15) is 71.1 Å². The number of nitrogens with one attached hydrogen (secondary N) is 1. The van der Waals surface area contributed by atoms with Gasteiger partial charge in [-0.3, -0.25) is 0 Å². The Morgan fingerprint density at radius 1 is 0.941 bits per heavy atom. The molecule has 0 aliphatic heterocycles. The van der Waals surface area contributed by atoms with Gasteiger partial charge in [-0.1, -0.05) is 51.9 Å². The van der Waals surface area contributed by atoms with Gasteiger partial charge in [0.2, 0.25) is 0 Å². The third-order valence-electron chi connectivity index (χ3n) is 5.45. The van der Waals surface area contributed by atoms with E-state index >= 15 is 0 Å². The third-order valence-corrected chi connectivity index (χ3v) is 5.45. The molecule has 2 rings (SSSR count). The summed E-state index contributed by atoms with van der Waals surface area (Å²) in [5.41, 5.74) is 0. The van der Waals surface area contributed by atoms with Gasteiger partial charge in [0.15, 0.2) is 0 Å². The average Bonchev–Trinajstić information content (AvgIpc) is 2.63. The summed E-state index contributed by atoms with van der Waals surface area (Å²) in [7, 11) is 2.18. The zero-order valence-corrected chi connectivity index (χ0v) is 11.9. The van der Waals surface area contributed by atoms with E-state index in [-0.39, 0.29) is 0 Å². The molecule has 2 aliphatic carbocycles. The van der Waals surface area contributed by atoms with E-state index in [0.717, 1.165) is 23.8 Å². The predicted molar refractivity (Wildman–Crippen MR) is 75.2 cm³/mol. The summed E-state index contributed by atoms with van der Waals surface area (Å²) < 4.78 is 0. The lowest BCUT2D eigenvalue weighted by molar-refractivity contribution is 0.153. The molecule has 0 spiro atoms. The first kappa shape index (κ1) is 13.4. The maximum absolute atomic E-state index is 3.62. The van der Waals surface area contributed by atoms with Crippen LogP contribution in [0.15, 0.2) is 0 Å². The Morgan fingerprint density at radius 3 is 2.53 bits per heavy atom. The summed E-state index contributed by atoms with van der Waals surface area (Å²) >= 11 is 0. The summed E-state index contributed by atoms with van der Waals surface area (Å²) in [5, 5.41) is 3.62. The Labute approximate surface area is 108 Å². The summed E-state index contributed by atoms with van der Waals surface area (Å²) in [5.74, 6) is 3.05. The number of rotatable bonds is 3. The van der Waals surface area contributed by atoms with E-state index in [1.807, 2.05) is 0 Å². The highest BCUT2D eigenvalue weighted by Crippen LogP contribution is 2.40. The highest BCUT2D eigenvalue weighted by atomic mass is 14.9. The highest BCUT2D eigenvalue weighted by molar-refractivity contribution is 4.86. The summed E-state index contributed by atoms with van der Waals surface area (Å²) in [6.07, 6.45) is 14.8. The van der Waals surface area contributed by atoms with Crippen LogP contribution in [0.4, 0.5) is 0 Å². The van der Waals surface area contributed by atoms with Crippen LogP contribution in [0.2, 0.25) is 0 Å². The molecule has 2 aliphatic rings. The van der Waals surface area contributed by atoms with Crippen molar-refractivity contribution in [1.29, 1.82) is 0 Å². The minimum atomic E-state index is 0.818. The molecule has 0 aromatic rings. The first-order chi connectivity index (χ1) is 8.35. The SMILES string of the molecule is CCC1CCCC(C2CCCCCC2NC)C1. The van der Waals surface area contributed by atoms with Gasteiger partial charge in [-0.05, 0) is 44.1 Å². The van der Waals surface area contributed by atoms with Gasteiger partial charge in [-0.25, -0.2) is 0 Å². The highest BCUT2D eigenvalue weighted by Gasteiger charge is 2.32. The van der Waals surface area contributed by atoms with Crippen molar-refractivity contribution in [2.45, 2.75) is 77.2 Å². The van der Waals surface area contributed by atoms with E-state index in [4.69, 9.17) is 0 Å². The molecule has 1 nitrogen and oxygen atoms in total. The van der Waals surface area contributed by atoms with E-state index < -0.39 is 0 Å². The molecule has 0 aromatic carbocycles. The Kier molecular flexibility index (Phi) is 5.34. The largest absolute Gasteiger partial charge is 0.317 e. The van der Waals surface area contributed by atoms with Gasteiger partial charge < -0.3 is 5.32 Å². The Hall–Kier alpha value is -0.0400.